The number of amides is 1. The van der Waals surface area contributed by atoms with Gasteiger partial charge in [-0.3, -0.25) is 9.69 Å². The van der Waals surface area contributed by atoms with E-state index < -0.39 is 0 Å². The number of piperazine rings is 1. The van der Waals surface area contributed by atoms with E-state index in [9.17, 15) is 9.18 Å². The lowest BCUT2D eigenvalue weighted by Gasteiger charge is -2.38. The molecule has 1 aromatic rings. The highest BCUT2D eigenvalue weighted by Gasteiger charge is 2.25. The molecule has 1 unspecified atom stereocenters. The van der Waals surface area contributed by atoms with E-state index >= 15 is 0 Å². The van der Waals surface area contributed by atoms with Gasteiger partial charge in [0.25, 0.3) is 0 Å². The molecule has 3 N–H and O–H groups in total. The Hall–Kier alpha value is -1.08. The van der Waals surface area contributed by atoms with Crippen LogP contribution in [0.2, 0.25) is 0 Å². The Kier molecular flexibility index (Phi) is 11.8. The van der Waals surface area contributed by atoms with Gasteiger partial charge < -0.3 is 16.0 Å². The second-order valence-electron chi connectivity index (χ2n) is 5.96. The Morgan fingerprint density at radius 2 is 1.76 bits per heavy atom. The monoisotopic (exact) mass is 394 g/mol. The fourth-order valence-corrected chi connectivity index (χ4v) is 2.81. The lowest BCUT2D eigenvalue weighted by atomic mass is 10.2. The Morgan fingerprint density at radius 1 is 1.16 bits per heavy atom. The van der Waals surface area contributed by atoms with E-state index in [0.717, 1.165) is 44.7 Å². The maximum Gasteiger partial charge on any atom is 0.237 e. The van der Waals surface area contributed by atoms with Gasteiger partial charge in [0.15, 0.2) is 0 Å². The van der Waals surface area contributed by atoms with Gasteiger partial charge in [-0.25, -0.2) is 4.39 Å². The largest absolute Gasteiger partial charge is 0.369 e. The van der Waals surface area contributed by atoms with Gasteiger partial charge in [0.2, 0.25) is 5.91 Å². The van der Waals surface area contributed by atoms with Gasteiger partial charge in [-0.1, -0.05) is 0 Å². The molecule has 5 nitrogen and oxygen atoms in total. The number of halogens is 3. The number of benzene rings is 1. The van der Waals surface area contributed by atoms with Crippen LogP contribution in [0.5, 0.6) is 0 Å². The molecule has 1 aromatic carbocycles. The van der Waals surface area contributed by atoms with Gasteiger partial charge in [-0.15, -0.1) is 24.8 Å². The summed E-state index contributed by atoms with van der Waals surface area (Å²) in [7, 11) is 0. The maximum absolute atomic E-state index is 13.0. The van der Waals surface area contributed by atoms with Crippen molar-refractivity contribution in [3.63, 3.8) is 0 Å². The molecule has 0 radical (unpaired) electrons. The van der Waals surface area contributed by atoms with Crippen LogP contribution in [0, 0.1) is 5.82 Å². The molecule has 0 aliphatic carbocycles. The van der Waals surface area contributed by atoms with Gasteiger partial charge in [0, 0.05) is 38.4 Å². The van der Waals surface area contributed by atoms with Crippen molar-refractivity contribution in [1.82, 2.24) is 10.2 Å². The van der Waals surface area contributed by atoms with E-state index in [0.29, 0.717) is 13.1 Å². The highest BCUT2D eigenvalue weighted by atomic mass is 35.5. The van der Waals surface area contributed by atoms with E-state index in [1.807, 2.05) is 6.92 Å². The lowest BCUT2D eigenvalue weighted by Crippen LogP contribution is -2.54. The minimum Gasteiger partial charge on any atom is -0.369 e. The number of nitrogens with zero attached hydrogens (tertiary/aromatic N) is 2. The normalized spacial score (nSPS) is 15.7. The molecular weight excluding hydrogens is 366 g/mol. The molecule has 2 rings (SSSR count). The molecular formula is C17H29Cl2FN4O. The van der Waals surface area contributed by atoms with E-state index in [-0.39, 0.29) is 42.6 Å². The van der Waals surface area contributed by atoms with Crippen LogP contribution in [-0.2, 0) is 4.79 Å². The van der Waals surface area contributed by atoms with E-state index in [1.165, 1.54) is 12.1 Å². The van der Waals surface area contributed by atoms with Crippen molar-refractivity contribution in [1.29, 1.82) is 0 Å². The first-order chi connectivity index (χ1) is 11.1. The van der Waals surface area contributed by atoms with Crippen molar-refractivity contribution in [2.45, 2.75) is 25.8 Å². The summed E-state index contributed by atoms with van der Waals surface area (Å²) < 4.78 is 13.0. The highest BCUT2D eigenvalue weighted by molar-refractivity contribution is 5.85. The molecule has 1 aliphatic heterocycles. The van der Waals surface area contributed by atoms with Crippen molar-refractivity contribution in [2.75, 3.05) is 44.2 Å². The standard InChI is InChI=1S/C17H27FN4O.2ClH/c1-14(17(23)20-9-3-2-8-19)21-10-12-22(13-11-21)16-6-4-15(18)5-7-16;;/h4-7,14H,2-3,8-13,19H2,1H3,(H,20,23);2*1H. The number of rotatable bonds is 7. The van der Waals surface area contributed by atoms with Crippen LogP contribution in [0.3, 0.4) is 0 Å². The summed E-state index contributed by atoms with van der Waals surface area (Å²) in [5.41, 5.74) is 6.48. The summed E-state index contributed by atoms with van der Waals surface area (Å²) in [4.78, 5) is 16.6. The predicted octanol–water partition coefficient (Wildman–Crippen LogP) is 2.03. The van der Waals surface area contributed by atoms with Crippen LogP contribution in [0.1, 0.15) is 19.8 Å². The van der Waals surface area contributed by atoms with Gasteiger partial charge >= 0.3 is 0 Å². The smallest absolute Gasteiger partial charge is 0.237 e. The average Bonchev–Trinajstić information content (AvgIpc) is 2.59. The zero-order valence-electron chi connectivity index (χ0n) is 14.6. The van der Waals surface area contributed by atoms with E-state index in [4.69, 9.17) is 5.73 Å². The summed E-state index contributed by atoms with van der Waals surface area (Å²) in [6.45, 7) is 6.65. The third-order valence-electron chi connectivity index (χ3n) is 4.36. The van der Waals surface area contributed by atoms with Crippen LogP contribution in [0.4, 0.5) is 10.1 Å². The van der Waals surface area contributed by atoms with Crippen molar-refractivity contribution >= 4 is 36.4 Å². The molecule has 1 fully saturated rings. The molecule has 1 aliphatic rings. The van der Waals surface area contributed by atoms with Crippen molar-refractivity contribution in [3.8, 4) is 0 Å². The second-order valence-corrected chi connectivity index (χ2v) is 5.96. The summed E-state index contributed by atoms with van der Waals surface area (Å²) in [5.74, 6) is -0.135. The van der Waals surface area contributed by atoms with E-state index in [1.54, 1.807) is 12.1 Å². The maximum atomic E-state index is 13.0. The van der Waals surface area contributed by atoms with Crippen LogP contribution in [-0.4, -0.2) is 56.1 Å². The number of nitrogens with one attached hydrogen (secondary N) is 1. The molecule has 1 heterocycles. The second kappa shape index (κ2) is 12.3. The summed E-state index contributed by atoms with van der Waals surface area (Å²) in [6, 6.07) is 6.46. The summed E-state index contributed by atoms with van der Waals surface area (Å²) in [5, 5.41) is 2.97. The van der Waals surface area contributed by atoms with Crippen molar-refractivity contribution in [3.05, 3.63) is 30.1 Å². The molecule has 0 spiro atoms. The fraction of sp³-hybridized carbons (Fsp3) is 0.588. The number of hydrogen-bond acceptors (Lipinski definition) is 4. The topological polar surface area (TPSA) is 61.6 Å². The Morgan fingerprint density at radius 3 is 2.32 bits per heavy atom. The SMILES string of the molecule is CC(C(=O)NCCCCN)N1CCN(c2ccc(F)cc2)CC1.Cl.Cl. The number of carbonyl (C=O) groups is 1. The van der Waals surface area contributed by atoms with Crippen LogP contribution in [0.25, 0.3) is 0 Å². The number of carbonyl (C=O) groups excluding carboxylic acids is 1. The first kappa shape index (κ1) is 23.9. The Bertz CT molecular complexity index is 496. The highest BCUT2D eigenvalue weighted by Crippen LogP contribution is 2.17. The summed E-state index contributed by atoms with van der Waals surface area (Å²) >= 11 is 0. The lowest BCUT2D eigenvalue weighted by molar-refractivity contribution is -0.126. The van der Waals surface area contributed by atoms with Gasteiger partial charge in [-0.2, -0.15) is 0 Å². The molecule has 144 valence electrons. The minimum atomic E-state index is -0.215. The summed E-state index contributed by atoms with van der Waals surface area (Å²) in [6.07, 6.45) is 1.86. The molecule has 1 atom stereocenters. The number of hydrogen-bond donors (Lipinski definition) is 2. The third-order valence-corrected chi connectivity index (χ3v) is 4.36. The van der Waals surface area contributed by atoms with Crippen LogP contribution in [0.15, 0.2) is 24.3 Å². The van der Waals surface area contributed by atoms with Crippen LogP contribution >= 0.6 is 24.8 Å². The molecule has 0 saturated carbocycles. The molecule has 1 amide bonds. The first-order valence-corrected chi connectivity index (χ1v) is 8.34. The number of unbranched alkanes of at least 4 members (excludes halogenated alkanes) is 1. The number of nitrogens with two attached hydrogens (primary N) is 1. The zero-order valence-corrected chi connectivity index (χ0v) is 16.3. The first-order valence-electron chi connectivity index (χ1n) is 8.34. The van der Waals surface area contributed by atoms with Crippen molar-refractivity contribution in [2.24, 2.45) is 5.73 Å². The van der Waals surface area contributed by atoms with Crippen molar-refractivity contribution < 1.29 is 9.18 Å². The molecule has 8 heteroatoms. The minimum absolute atomic E-state index is 0. The Balaban J connectivity index is 0.00000288. The molecule has 1 saturated heterocycles. The quantitative estimate of drug-likeness (QED) is 0.694. The number of anilines is 1. The van der Waals surface area contributed by atoms with Crippen LogP contribution < -0.4 is 16.0 Å². The van der Waals surface area contributed by atoms with Gasteiger partial charge in [0.1, 0.15) is 5.82 Å². The fourth-order valence-electron chi connectivity index (χ4n) is 2.81. The predicted molar refractivity (Wildman–Crippen MR) is 105 cm³/mol. The average molecular weight is 395 g/mol. The third kappa shape index (κ3) is 7.36. The van der Waals surface area contributed by atoms with E-state index in [2.05, 4.69) is 15.1 Å². The Labute approximate surface area is 161 Å². The van der Waals surface area contributed by atoms with Gasteiger partial charge in [-0.05, 0) is 50.6 Å². The zero-order chi connectivity index (χ0) is 16.7. The molecule has 0 bridgehead atoms. The molecule has 25 heavy (non-hydrogen) atoms. The molecule has 0 aromatic heterocycles. The van der Waals surface area contributed by atoms with Gasteiger partial charge in [0.05, 0.1) is 6.04 Å².